The van der Waals surface area contributed by atoms with Gasteiger partial charge in [0.15, 0.2) is 0 Å². The average Bonchev–Trinajstić information content (AvgIpc) is 3.05. The third-order valence-electron chi connectivity index (χ3n) is 4.19. The molecule has 4 aromatic rings. The number of nitrogens with zero attached hydrogens (tertiary/aromatic N) is 4. The number of aromatic nitrogens is 4. The summed E-state index contributed by atoms with van der Waals surface area (Å²) >= 11 is 0. The Bertz CT molecular complexity index is 1170. The van der Waals surface area contributed by atoms with Crippen LogP contribution < -0.4 is 5.56 Å². The summed E-state index contributed by atoms with van der Waals surface area (Å²) in [5.41, 5.74) is 5.01. The summed E-state index contributed by atoms with van der Waals surface area (Å²) in [6, 6.07) is 13.3. The molecule has 0 radical (unpaired) electrons. The molecule has 0 aliphatic carbocycles. The largest absolute Gasteiger partial charge is 0.296 e. The van der Waals surface area contributed by atoms with Crippen molar-refractivity contribution in [2.45, 2.75) is 6.92 Å². The molecule has 0 saturated heterocycles. The zero-order valence-electron chi connectivity index (χ0n) is 13.5. The van der Waals surface area contributed by atoms with E-state index in [1.165, 1.54) is 0 Å². The Morgan fingerprint density at radius 3 is 2.75 bits per heavy atom. The second-order valence-corrected chi connectivity index (χ2v) is 5.89. The number of hydrogen-bond donors (Lipinski definition) is 0. The molecule has 0 aliphatic heterocycles. The van der Waals surface area contributed by atoms with Gasteiger partial charge >= 0.3 is 0 Å². The van der Waals surface area contributed by atoms with E-state index in [4.69, 9.17) is 5.10 Å². The quantitative estimate of drug-likeness (QED) is 0.570. The summed E-state index contributed by atoms with van der Waals surface area (Å²) < 4.78 is 3.44. The highest BCUT2D eigenvalue weighted by Crippen LogP contribution is 2.23. The molecule has 3 aromatic heterocycles. The van der Waals surface area contributed by atoms with E-state index in [-0.39, 0.29) is 5.56 Å². The first-order valence-corrected chi connectivity index (χ1v) is 7.66. The van der Waals surface area contributed by atoms with E-state index in [1.807, 2.05) is 53.9 Å². The Balaban J connectivity index is 2.04. The fourth-order valence-corrected chi connectivity index (χ4v) is 2.88. The van der Waals surface area contributed by atoms with Gasteiger partial charge in [-0.05, 0) is 36.8 Å². The van der Waals surface area contributed by atoms with E-state index in [1.54, 1.807) is 17.8 Å². The summed E-state index contributed by atoms with van der Waals surface area (Å²) in [4.78, 5) is 16.8. The smallest absolute Gasteiger partial charge is 0.261 e. The minimum absolute atomic E-state index is 0.0260. The number of aryl methyl sites for hydroxylation is 1. The fraction of sp³-hybridized carbons (Fsp3) is 0.105. The highest BCUT2D eigenvalue weighted by atomic mass is 16.1. The van der Waals surface area contributed by atoms with Gasteiger partial charge in [-0.1, -0.05) is 18.7 Å². The molecule has 0 bridgehead atoms. The third kappa shape index (κ3) is 2.06. The third-order valence-corrected chi connectivity index (χ3v) is 4.19. The lowest BCUT2D eigenvalue weighted by molar-refractivity contribution is 0.850. The summed E-state index contributed by atoms with van der Waals surface area (Å²) in [5.74, 6) is 0. The number of allylic oxidation sites excluding steroid dienone is 1. The van der Waals surface area contributed by atoms with E-state index in [0.717, 1.165) is 33.7 Å². The number of fused-ring (bicyclic) bond motifs is 3. The van der Waals surface area contributed by atoms with Gasteiger partial charge in [-0.3, -0.25) is 14.3 Å². The van der Waals surface area contributed by atoms with E-state index in [2.05, 4.69) is 11.6 Å². The molecule has 0 aliphatic rings. The van der Waals surface area contributed by atoms with Gasteiger partial charge in [-0.25, -0.2) is 4.52 Å². The van der Waals surface area contributed by atoms with Crippen molar-refractivity contribution >= 4 is 22.1 Å². The van der Waals surface area contributed by atoms with Crippen molar-refractivity contribution in [2.24, 2.45) is 7.05 Å². The maximum absolute atomic E-state index is 12.5. The first kappa shape index (κ1) is 14.4. The molecule has 118 valence electrons. The molecular formula is C19H16N4O. The maximum atomic E-state index is 12.5. The number of para-hydroxylation sites is 1. The van der Waals surface area contributed by atoms with Gasteiger partial charge in [0.25, 0.3) is 5.56 Å². The molecule has 3 heterocycles. The Morgan fingerprint density at radius 2 is 1.96 bits per heavy atom. The van der Waals surface area contributed by atoms with Gasteiger partial charge in [0.05, 0.1) is 22.3 Å². The van der Waals surface area contributed by atoms with Crippen LogP contribution in [0.1, 0.15) is 12.6 Å². The molecule has 0 unspecified atom stereocenters. The van der Waals surface area contributed by atoms with Gasteiger partial charge in [0.1, 0.15) is 5.65 Å². The van der Waals surface area contributed by atoms with Crippen molar-refractivity contribution in [1.82, 2.24) is 19.2 Å². The Morgan fingerprint density at radius 1 is 1.17 bits per heavy atom. The zero-order chi connectivity index (χ0) is 16.8. The van der Waals surface area contributed by atoms with Crippen LogP contribution in [-0.2, 0) is 7.05 Å². The lowest BCUT2D eigenvalue weighted by Crippen LogP contribution is -2.19. The van der Waals surface area contributed by atoms with Crippen LogP contribution in [0.5, 0.6) is 0 Å². The first-order valence-electron chi connectivity index (χ1n) is 7.66. The fourth-order valence-electron chi connectivity index (χ4n) is 2.88. The van der Waals surface area contributed by atoms with Crippen molar-refractivity contribution in [1.29, 1.82) is 0 Å². The van der Waals surface area contributed by atoms with E-state index in [0.29, 0.717) is 5.39 Å². The highest BCUT2D eigenvalue weighted by Gasteiger charge is 2.12. The molecule has 0 saturated carbocycles. The van der Waals surface area contributed by atoms with Gasteiger partial charge in [0, 0.05) is 24.9 Å². The van der Waals surface area contributed by atoms with Crippen molar-refractivity contribution in [2.75, 3.05) is 0 Å². The molecule has 4 rings (SSSR count). The molecule has 0 N–H and O–H groups in total. The summed E-state index contributed by atoms with van der Waals surface area (Å²) in [5, 5.41) is 5.37. The summed E-state index contributed by atoms with van der Waals surface area (Å²) in [6.45, 7) is 5.86. The van der Waals surface area contributed by atoms with Crippen molar-refractivity contribution in [3.05, 3.63) is 71.3 Å². The standard InChI is InChI=1S/C19H16N4O/c1-12(2)15-10-13(8-9-20-15)16-11-18-22(3)19(24)14-6-4-5-7-17(14)23(18)21-16/h4-11H,1H2,2-3H3. The van der Waals surface area contributed by atoms with E-state index < -0.39 is 0 Å². The predicted octanol–water partition coefficient (Wildman–Crippen LogP) is 3.28. The molecule has 0 atom stereocenters. The van der Waals surface area contributed by atoms with Crippen LogP contribution >= 0.6 is 0 Å². The molecule has 5 nitrogen and oxygen atoms in total. The van der Waals surface area contributed by atoms with Gasteiger partial charge < -0.3 is 0 Å². The maximum Gasteiger partial charge on any atom is 0.261 e. The number of hydrogen-bond acceptors (Lipinski definition) is 3. The summed E-state index contributed by atoms with van der Waals surface area (Å²) in [6.07, 6.45) is 1.75. The van der Waals surface area contributed by atoms with Crippen LogP contribution in [0, 0.1) is 0 Å². The number of rotatable bonds is 2. The van der Waals surface area contributed by atoms with Crippen LogP contribution in [0.2, 0.25) is 0 Å². The minimum Gasteiger partial charge on any atom is -0.296 e. The number of benzene rings is 1. The highest BCUT2D eigenvalue weighted by molar-refractivity contribution is 5.81. The monoisotopic (exact) mass is 316 g/mol. The molecule has 0 fully saturated rings. The van der Waals surface area contributed by atoms with E-state index >= 15 is 0 Å². The van der Waals surface area contributed by atoms with Crippen molar-refractivity contribution < 1.29 is 0 Å². The lowest BCUT2D eigenvalue weighted by Gasteiger charge is -2.05. The topological polar surface area (TPSA) is 52.2 Å². The first-order chi connectivity index (χ1) is 11.6. The minimum atomic E-state index is -0.0260. The van der Waals surface area contributed by atoms with Crippen LogP contribution in [0.3, 0.4) is 0 Å². The van der Waals surface area contributed by atoms with Gasteiger partial charge in [-0.2, -0.15) is 5.10 Å². The zero-order valence-corrected chi connectivity index (χ0v) is 13.5. The summed E-state index contributed by atoms with van der Waals surface area (Å²) in [7, 11) is 1.77. The molecule has 24 heavy (non-hydrogen) atoms. The van der Waals surface area contributed by atoms with E-state index in [9.17, 15) is 4.79 Å². The molecule has 0 spiro atoms. The second-order valence-electron chi connectivity index (χ2n) is 5.89. The Hall–Kier alpha value is -3.21. The molecular weight excluding hydrogens is 300 g/mol. The average molecular weight is 316 g/mol. The molecule has 0 amide bonds. The van der Waals surface area contributed by atoms with Gasteiger partial charge in [0.2, 0.25) is 0 Å². The van der Waals surface area contributed by atoms with Crippen molar-refractivity contribution in [3.63, 3.8) is 0 Å². The van der Waals surface area contributed by atoms with Crippen LogP contribution in [0.15, 0.2) is 60.0 Å². The normalized spacial score (nSPS) is 11.2. The van der Waals surface area contributed by atoms with Crippen LogP contribution in [0.25, 0.3) is 33.4 Å². The Labute approximate surface area is 138 Å². The molecule has 1 aromatic carbocycles. The van der Waals surface area contributed by atoms with Crippen molar-refractivity contribution in [3.8, 4) is 11.3 Å². The van der Waals surface area contributed by atoms with Gasteiger partial charge in [-0.15, -0.1) is 0 Å². The SMILES string of the molecule is C=C(C)c1cc(-c2cc3n(C)c(=O)c4ccccc4n3n2)ccn1. The van der Waals surface area contributed by atoms with Crippen LogP contribution in [0.4, 0.5) is 0 Å². The number of pyridine rings is 1. The molecule has 5 heteroatoms. The van der Waals surface area contributed by atoms with Crippen LogP contribution in [-0.4, -0.2) is 19.2 Å². The Kier molecular flexibility index (Phi) is 3.09. The second kappa shape index (κ2) is 5.16. The lowest BCUT2D eigenvalue weighted by atomic mass is 10.1. The predicted molar refractivity (Wildman–Crippen MR) is 95.9 cm³/mol.